The Morgan fingerprint density at radius 3 is 2.90 bits per heavy atom. The molecule has 2 aliphatic rings. The Morgan fingerprint density at radius 2 is 2.10 bits per heavy atom. The quantitative estimate of drug-likeness (QED) is 0.536. The highest BCUT2D eigenvalue weighted by molar-refractivity contribution is 6.34. The van der Waals surface area contributed by atoms with Crippen LogP contribution in [0.4, 0.5) is 10.5 Å². The van der Waals surface area contributed by atoms with Crippen LogP contribution >= 0.6 is 11.6 Å². The first-order valence-corrected chi connectivity index (χ1v) is 10.0. The minimum Gasteiger partial charge on any atom is -0.496 e. The summed E-state index contributed by atoms with van der Waals surface area (Å²) >= 11 is 6.50. The number of halogens is 1. The van der Waals surface area contributed by atoms with Crippen LogP contribution in [0.15, 0.2) is 42.6 Å². The molecule has 1 aromatic carbocycles. The summed E-state index contributed by atoms with van der Waals surface area (Å²) in [6.07, 6.45) is 5.55. The fraction of sp³-hybridized carbons (Fsp3) is 0.286. The van der Waals surface area contributed by atoms with Crippen LogP contribution in [0.5, 0.6) is 5.75 Å². The lowest BCUT2D eigenvalue weighted by atomic mass is 9.98. The normalized spacial score (nSPS) is 24.3. The van der Waals surface area contributed by atoms with E-state index in [4.69, 9.17) is 31.8 Å². The van der Waals surface area contributed by atoms with E-state index in [-0.39, 0.29) is 24.0 Å². The van der Waals surface area contributed by atoms with Crippen molar-refractivity contribution in [1.29, 1.82) is 0 Å². The number of H-pyrrole nitrogens is 1. The summed E-state index contributed by atoms with van der Waals surface area (Å²) < 4.78 is 10.9. The van der Waals surface area contributed by atoms with Gasteiger partial charge in [0, 0.05) is 11.8 Å². The molecule has 3 aromatic rings. The van der Waals surface area contributed by atoms with Crippen LogP contribution in [-0.4, -0.2) is 40.3 Å². The average molecular weight is 426 g/mol. The zero-order valence-corrected chi connectivity index (χ0v) is 16.9. The monoisotopic (exact) mass is 425 g/mol. The fourth-order valence-corrected chi connectivity index (χ4v) is 4.66. The molecule has 4 atom stereocenters. The average Bonchev–Trinajstić information content (AvgIpc) is 3.45. The molecule has 1 saturated carbocycles. The van der Waals surface area contributed by atoms with Gasteiger partial charge in [0.25, 0.3) is 0 Å². The summed E-state index contributed by atoms with van der Waals surface area (Å²) in [5.74, 6) is 1.68. The Hall–Kier alpha value is -3.26. The number of para-hydroxylation sites is 1. The number of rotatable bonds is 5. The number of amides is 1. The van der Waals surface area contributed by atoms with Crippen molar-refractivity contribution in [2.75, 3.05) is 12.4 Å². The van der Waals surface area contributed by atoms with Crippen LogP contribution in [0.2, 0.25) is 5.02 Å². The third-order valence-corrected chi connectivity index (χ3v) is 6.07. The Morgan fingerprint density at radius 1 is 1.30 bits per heavy atom. The lowest BCUT2D eigenvalue weighted by Crippen LogP contribution is -2.41. The van der Waals surface area contributed by atoms with Gasteiger partial charge in [-0.1, -0.05) is 35.9 Å². The molecule has 1 amide bonds. The third kappa shape index (κ3) is 3.04. The van der Waals surface area contributed by atoms with E-state index in [0.29, 0.717) is 33.4 Å². The second-order valence-electron chi connectivity index (χ2n) is 7.48. The van der Waals surface area contributed by atoms with E-state index in [2.05, 4.69) is 27.4 Å². The number of carbonyl (C=O) groups excluding carboxylic acids is 1. The number of nitrogens with one attached hydrogen (secondary N) is 2. The summed E-state index contributed by atoms with van der Waals surface area (Å²) in [6.45, 7) is 0. The van der Waals surface area contributed by atoms with Gasteiger partial charge in [-0.25, -0.2) is 14.8 Å². The molecule has 2 heterocycles. The topological polar surface area (TPSA) is 115 Å². The molecule has 4 N–H and O–H groups in total. The van der Waals surface area contributed by atoms with E-state index in [1.165, 1.54) is 0 Å². The molecule has 0 spiro atoms. The summed E-state index contributed by atoms with van der Waals surface area (Å²) in [4.78, 5) is 23.8. The summed E-state index contributed by atoms with van der Waals surface area (Å²) in [7, 11) is 1.62. The highest BCUT2D eigenvalue weighted by Crippen LogP contribution is 2.44. The maximum atomic E-state index is 11.4. The molecule has 154 valence electrons. The van der Waals surface area contributed by atoms with E-state index in [0.717, 1.165) is 12.0 Å². The van der Waals surface area contributed by atoms with Gasteiger partial charge in [0.15, 0.2) is 5.65 Å². The second kappa shape index (κ2) is 7.21. The number of pyridine rings is 1. The van der Waals surface area contributed by atoms with Crippen molar-refractivity contribution >= 4 is 34.5 Å². The molecule has 8 nitrogen and oxygen atoms in total. The Balaban J connectivity index is 1.55. The molecular weight excluding hydrogens is 406 g/mol. The van der Waals surface area contributed by atoms with Crippen LogP contribution in [0, 0.1) is 11.8 Å². The van der Waals surface area contributed by atoms with Gasteiger partial charge in [-0.2, -0.15) is 0 Å². The number of hydrogen-bond donors (Lipinski definition) is 3. The van der Waals surface area contributed by atoms with Crippen molar-refractivity contribution in [1.82, 2.24) is 15.0 Å². The molecule has 30 heavy (non-hydrogen) atoms. The number of aromatic amines is 1. The van der Waals surface area contributed by atoms with Crippen molar-refractivity contribution in [3.63, 3.8) is 0 Å². The standard InChI is InChI=1S/C21H20ClN5O3/c1-29-14-5-3-2-4-12(14)19-26-17-16(13(22)9-24-20(17)27-19)25-15-10-6-7-11(8-10)18(15)30-21(23)28/h2-7,9-11,15,18H,8H2,1H3,(H2,23,28)(H2,24,25,26,27)/t10-,11+,15+,18-/m0/s1. The Labute approximate surface area is 177 Å². The first kappa shape index (κ1) is 18.7. The highest BCUT2D eigenvalue weighted by Gasteiger charge is 2.47. The second-order valence-corrected chi connectivity index (χ2v) is 7.89. The van der Waals surface area contributed by atoms with E-state index in [1.807, 2.05) is 24.3 Å². The molecular formula is C21H20ClN5O3. The number of aromatic nitrogens is 3. The number of ether oxygens (including phenoxy) is 2. The number of fused-ring (bicyclic) bond motifs is 3. The maximum Gasteiger partial charge on any atom is 0.404 e. The van der Waals surface area contributed by atoms with Gasteiger partial charge >= 0.3 is 6.09 Å². The Bertz CT molecular complexity index is 1160. The zero-order chi connectivity index (χ0) is 20.8. The maximum absolute atomic E-state index is 11.4. The number of nitrogens with two attached hydrogens (primary N) is 1. The number of primary amides is 1. The van der Waals surface area contributed by atoms with Crippen molar-refractivity contribution in [3.8, 4) is 17.1 Å². The van der Waals surface area contributed by atoms with Crippen molar-refractivity contribution < 1.29 is 14.3 Å². The predicted molar refractivity (Wildman–Crippen MR) is 113 cm³/mol. The fourth-order valence-electron chi connectivity index (χ4n) is 4.46. The number of hydrogen-bond acceptors (Lipinski definition) is 6. The van der Waals surface area contributed by atoms with Gasteiger partial charge in [-0.05, 0) is 18.6 Å². The highest BCUT2D eigenvalue weighted by atomic mass is 35.5. The summed E-state index contributed by atoms with van der Waals surface area (Å²) in [6, 6.07) is 7.45. The third-order valence-electron chi connectivity index (χ3n) is 5.78. The van der Waals surface area contributed by atoms with E-state index >= 15 is 0 Å². The van der Waals surface area contributed by atoms with Gasteiger partial charge in [0.1, 0.15) is 23.2 Å². The number of benzene rings is 1. The number of nitrogens with zero attached hydrogens (tertiary/aromatic N) is 2. The number of imidazole rings is 1. The van der Waals surface area contributed by atoms with Gasteiger partial charge in [0.05, 0.1) is 35.6 Å². The van der Waals surface area contributed by atoms with E-state index in [9.17, 15) is 4.79 Å². The zero-order valence-electron chi connectivity index (χ0n) is 16.1. The number of methoxy groups -OCH3 is 1. The van der Waals surface area contributed by atoms with Gasteiger partial charge in [0.2, 0.25) is 0 Å². The largest absolute Gasteiger partial charge is 0.496 e. The molecule has 2 aromatic heterocycles. The SMILES string of the molecule is COc1ccccc1-c1nc2c(N[C@H]3[C@@H](OC(N)=O)[C@@H]4C=C[C@H]3C4)c(Cl)cnc2[nH]1. The minimum absolute atomic E-state index is 0.138. The van der Waals surface area contributed by atoms with E-state index < -0.39 is 6.09 Å². The van der Waals surface area contributed by atoms with Crippen molar-refractivity contribution in [2.45, 2.75) is 18.6 Å². The molecule has 1 fully saturated rings. The first-order valence-electron chi connectivity index (χ1n) is 9.63. The van der Waals surface area contributed by atoms with Crippen LogP contribution in [0.25, 0.3) is 22.6 Å². The molecule has 0 radical (unpaired) electrons. The molecule has 9 heteroatoms. The lowest BCUT2D eigenvalue weighted by molar-refractivity contribution is 0.0854. The minimum atomic E-state index is -0.781. The van der Waals surface area contributed by atoms with Crippen LogP contribution < -0.4 is 15.8 Å². The molecule has 0 unspecified atom stereocenters. The van der Waals surface area contributed by atoms with Gasteiger partial charge in [-0.15, -0.1) is 0 Å². The molecule has 0 saturated heterocycles. The number of anilines is 1. The first-order chi connectivity index (χ1) is 14.5. The summed E-state index contributed by atoms with van der Waals surface area (Å²) in [5, 5.41) is 3.90. The smallest absolute Gasteiger partial charge is 0.404 e. The Kier molecular flexibility index (Phi) is 4.51. The molecule has 0 aliphatic heterocycles. The van der Waals surface area contributed by atoms with Crippen molar-refractivity contribution in [3.05, 3.63) is 47.6 Å². The molecule has 2 aliphatic carbocycles. The van der Waals surface area contributed by atoms with E-state index in [1.54, 1.807) is 13.3 Å². The molecule has 5 rings (SSSR count). The van der Waals surface area contributed by atoms with Gasteiger partial charge < -0.3 is 25.5 Å². The summed E-state index contributed by atoms with van der Waals surface area (Å²) in [5.41, 5.74) is 7.95. The van der Waals surface area contributed by atoms with Crippen LogP contribution in [0.3, 0.4) is 0 Å². The molecule has 2 bridgehead atoms. The predicted octanol–water partition coefficient (Wildman–Crippen LogP) is 3.74. The van der Waals surface area contributed by atoms with Crippen LogP contribution in [-0.2, 0) is 4.74 Å². The van der Waals surface area contributed by atoms with Crippen LogP contribution in [0.1, 0.15) is 6.42 Å². The lowest BCUT2D eigenvalue weighted by Gasteiger charge is -2.29. The number of carbonyl (C=O) groups is 1. The van der Waals surface area contributed by atoms with Crippen molar-refractivity contribution in [2.24, 2.45) is 17.6 Å². The van der Waals surface area contributed by atoms with Gasteiger partial charge in [-0.3, -0.25) is 0 Å².